The molecule has 5 heteroatoms. The normalized spacial score (nSPS) is 18.0. The van der Waals surface area contributed by atoms with E-state index in [4.69, 9.17) is 0 Å². The summed E-state index contributed by atoms with van der Waals surface area (Å²) in [6, 6.07) is 13.4. The number of hydrogen-bond acceptors (Lipinski definition) is 3. The highest BCUT2D eigenvalue weighted by Crippen LogP contribution is 2.20. The molecule has 1 aliphatic rings. The van der Waals surface area contributed by atoms with E-state index < -0.39 is 11.7 Å². The van der Waals surface area contributed by atoms with Gasteiger partial charge in [0.25, 0.3) is 5.91 Å². The molecule has 1 aromatic heterocycles. The summed E-state index contributed by atoms with van der Waals surface area (Å²) in [6.07, 6.45) is 6.82. The van der Waals surface area contributed by atoms with Crippen molar-refractivity contribution in [2.75, 3.05) is 19.6 Å². The van der Waals surface area contributed by atoms with Crippen LogP contribution in [0.2, 0.25) is 0 Å². The summed E-state index contributed by atoms with van der Waals surface area (Å²) in [5.41, 5.74) is 1.90. The Labute approximate surface area is 160 Å². The molecule has 1 saturated heterocycles. The molecule has 142 valence electrons. The molecule has 1 amide bonds. The average molecular weight is 367 g/mol. The number of likely N-dealkylation sites (N-methyl/N-ethyl adjacent to an activating group) is 1. The molecule has 0 spiro atoms. The molecule has 1 aliphatic heterocycles. The molecular formula is C22H26FN3O. The fourth-order valence-electron chi connectivity index (χ4n) is 3.57. The molecule has 27 heavy (non-hydrogen) atoms. The van der Waals surface area contributed by atoms with Crippen molar-refractivity contribution < 1.29 is 9.18 Å². The largest absolute Gasteiger partial charge is 0.335 e. The van der Waals surface area contributed by atoms with Gasteiger partial charge in [0.1, 0.15) is 0 Å². The van der Waals surface area contributed by atoms with Crippen LogP contribution in [0.25, 0.3) is 6.08 Å². The maximum absolute atomic E-state index is 14.5. The van der Waals surface area contributed by atoms with Crippen LogP contribution < -0.4 is 0 Å². The smallest absolute Gasteiger partial charge is 0.282 e. The molecule has 0 saturated carbocycles. The van der Waals surface area contributed by atoms with Crippen molar-refractivity contribution in [3.63, 3.8) is 0 Å². The lowest BCUT2D eigenvalue weighted by molar-refractivity contribution is -0.130. The lowest BCUT2D eigenvalue weighted by Crippen LogP contribution is -2.49. The van der Waals surface area contributed by atoms with Crippen molar-refractivity contribution in [2.45, 2.75) is 32.4 Å². The van der Waals surface area contributed by atoms with Crippen LogP contribution in [0.5, 0.6) is 0 Å². The molecule has 1 atom stereocenters. The molecule has 1 unspecified atom stereocenters. The van der Waals surface area contributed by atoms with Gasteiger partial charge in [-0.15, -0.1) is 0 Å². The summed E-state index contributed by atoms with van der Waals surface area (Å²) in [6.45, 7) is 5.00. The molecule has 0 bridgehead atoms. The van der Waals surface area contributed by atoms with Crippen LogP contribution in [0.1, 0.15) is 30.9 Å². The van der Waals surface area contributed by atoms with Crippen molar-refractivity contribution in [1.29, 1.82) is 0 Å². The van der Waals surface area contributed by atoms with Crippen molar-refractivity contribution in [3.05, 3.63) is 71.8 Å². The second-order valence-corrected chi connectivity index (χ2v) is 6.87. The van der Waals surface area contributed by atoms with Gasteiger partial charge in [0, 0.05) is 38.1 Å². The molecule has 0 radical (unpaired) electrons. The van der Waals surface area contributed by atoms with Crippen LogP contribution in [-0.2, 0) is 11.3 Å². The summed E-state index contributed by atoms with van der Waals surface area (Å²) in [5.74, 6) is -1.21. The highest BCUT2D eigenvalue weighted by molar-refractivity contribution is 5.95. The quantitative estimate of drug-likeness (QED) is 0.727. The summed E-state index contributed by atoms with van der Waals surface area (Å²) in [5, 5.41) is 0. The Kier molecular flexibility index (Phi) is 6.71. The number of carbonyl (C=O) groups excluding carboxylic acids is 1. The van der Waals surface area contributed by atoms with Crippen LogP contribution in [0.15, 0.2) is 60.7 Å². The Morgan fingerprint density at radius 1 is 1.26 bits per heavy atom. The number of halogens is 1. The fraction of sp³-hybridized carbons (Fsp3) is 0.364. The molecule has 0 N–H and O–H groups in total. The third kappa shape index (κ3) is 5.23. The van der Waals surface area contributed by atoms with Crippen molar-refractivity contribution in [1.82, 2.24) is 14.8 Å². The molecule has 1 fully saturated rings. The molecule has 3 rings (SSSR count). The monoisotopic (exact) mass is 367 g/mol. The Morgan fingerprint density at radius 3 is 2.70 bits per heavy atom. The van der Waals surface area contributed by atoms with E-state index in [0.29, 0.717) is 18.7 Å². The first-order valence-electron chi connectivity index (χ1n) is 9.52. The van der Waals surface area contributed by atoms with E-state index >= 15 is 0 Å². The van der Waals surface area contributed by atoms with Crippen LogP contribution in [0.3, 0.4) is 0 Å². The van der Waals surface area contributed by atoms with Crippen molar-refractivity contribution in [2.24, 2.45) is 0 Å². The maximum Gasteiger partial charge on any atom is 0.282 e. The predicted molar refractivity (Wildman–Crippen MR) is 105 cm³/mol. The zero-order valence-electron chi connectivity index (χ0n) is 15.7. The number of carbonyl (C=O) groups is 1. The van der Waals surface area contributed by atoms with E-state index in [1.165, 1.54) is 11.6 Å². The zero-order chi connectivity index (χ0) is 19.1. The van der Waals surface area contributed by atoms with E-state index in [0.717, 1.165) is 25.9 Å². The lowest BCUT2D eigenvalue weighted by Gasteiger charge is -2.38. The number of piperidine rings is 1. The molecule has 4 nitrogen and oxygen atoms in total. The van der Waals surface area contributed by atoms with E-state index in [2.05, 4.69) is 16.8 Å². The van der Waals surface area contributed by atoms with E-state index in [1.54, 1.807) is 29.4 Å². The predicted octanol–water partition coefficient (Wildman–Crippen LogP) is 3.91. The van der Waals surface area contributed by atoms with Gasteiger partial charge in [0.2, 0.25) is 0 Å². The van der Waals surface area contributed by atoms with E-state index in [1.807, 2.05) is 30.3 Å². The second kappa shape index (κ2) is 9.42. The Balaban J connectivity index is 1.65. The number of nitrogens with zero attached hydrogens (tertiary/aromatic N) is 3. The SMILES string of the molecule is CCN(Cc1ccncc1)C1CCCN(C(=O)C(F)=Cc2ccccc2)C1. The number of aromatic nitrogens is 1. The summed E-state index contributed by atoms with van der Waals surface area (Å²) >= 11 is 0. The first kappa shape index (κ1) is 19.2. The van der Waals surface area contributed by atoms with E-state index in [9.17, 15) is 9.18 Å². The maximum atomic E-state index is 14.5. The van der Waals surface area contributed by atoms with Gasteiger partial charge in [-0.2, -0.15) is 0 Å². The van der Waals surface area contributed by atoms with Crippen LogP contribution in [0, 0.1) is 0 Å². The Hall–Kier alpha value is -2.53. The van der Waals surface area contributed by atoms with Gasteiger partial charge < -0.3 is 4.90 Å². The Morgan fingerprint density at radius 2 is 2.00 bits per heavy atom. The van der Waals surface area contributed by atoms with Gasteiger partial charge >= 0.3 is 0 Å². The standard InChI is InChI=1S/C22H26FN3O/c1-2-25(16-19-10-12-24-13-11-19)20-9-6-14-26(17-20)22(27)21(23)15-18-7-4-3-5-8-18/h3-5,7-8,10-13,15,20H,2,6,9,14,16-17H2,1H3. The summed E-state index contributed by atoms with van der Waals surface area (Å²) in [7, 11) is 0. The van der Waals surface area contributed by atoms with Gasteiger partial charge in [-0.3, -0.25) is 14.7 Å². The molecule has 0 aliphatic carbocycles. The zero-order valence-corrected chi connectivity index (χ0v) is 15.7. The number of amides is 1. The average Bonchev–Trinajstić information content (AvgIpc) is 2.73. The number of pyridine rings is 1. The van der Waals surface area contributed by atoms with Crippen molar-refractivity contribution >= 4 is 12.0 Å². The molecule has 1 aromatic carbocycles. The minimum atomic E-state index is -0.695. The Bertz CT molecular complexity index is 764. The van der Waals surface area contributed by atoms with Crippen LogP contribution >= 0.6 is 0 Å². The topological polar surface area (TPSA) is 36.4 Å². The first-order chi connectivity index (χ1) is 13.2. The van der Waals surface area contributed by atoms with Gasteiger partial charge in [0.15, 0.2) is 5.83 Å². The fourth-order valence-corrected chi connectivity index (χ4v) is 3.57. The van der Waals surface area contributed by atoms with Crippen molar-refractivity contribution in [3.8, 4) is 0 Å². The number of benzene rings is 1. The van der Waals surface area contributed by atoms with E-state index in [-0.39, 0.29) is 6.04 Å². The van der Waals surface area contributed by atoms with Gasteiger partial charge in [0.05, 0.1) is 0 Å². The summed E-state index contributed by atoms with van der Waals surface area (Å²) < 4.78 is 14.5. The molecular weight excluding hydrogens is 341 g/mol. The number of likely N-dealkylation sites (tertiary alicyclic amines) is 1. The second-order valence-electron chi connectivity index (χ2n) is 6.87. The van der Waals surface area contributed by atoms with Crippen LogP contribution in [0.4, 0.5) is 4.39 Å². The third-order valence-corrected chi connectivity index (χ3v) is 5.04. The first-order valence-corrected chi connectivity index (χ1v) is 9.52. The number of rotatable bonds is 6. The highest BCUT2D eigenvalue weighted by atomic mass is 19.1. The lowest BCUT2D eigenvalue weighted by atomic mass is 10.0. The minimum absolute atomic E-state index is 0.241. The van der Waals surface area contributed by atoms with Gasteiger partial charge in [-0.05, 0) is 48.7 Å². The van der Waals surface area contributed by atoms with Gasteiger partial charge in [-0.25, -0.2) is 4.39 Å². The third-order valence-electron chi connectivity index (χ3n) is 5.04. The molecule has 2 heterocycles. The van der Waals surface area contributed by atoms with Gasteiger partial charge in [-0.1, -0.05) is 37.3 Å². The summed E-state index contributed by atoms with van der Waals surface area (Å²) in [4.78, 5) is 20.6. The minimum Gasteiger partial charge on any atom is -0.335 e. The highest BCUT2D eigenvalue weighted by Gasteiger charge is 2.29. The molecule has 2 aromatic rings. The number of hydrogen-bond donors (Lipinski definition) is 0. The van der Waals surface area contributed by atoms with Crippen LogP contribution in [-0.4, -0.2) is 46.4 Å².